The van der Waals surface area contributed by atoms with Crippen molar-refractivity contribution in [3.8, 4) is 10.8 Å². The number of carbonyl (C=O) groups is 1. The first-order chi connectivity index (χ1) is 13.9. The van der Waals surface area contributed by atoms with Crippen LogP contribution in [0.3, 0.4) is 0 Å². The monoisotopic (exact) mass is 440 g/mol. The summed E-state index contributed by atoms with van der Waals surface area (Å²) >= 11 is 0.979. The Kier molecular flexibility index (Phi) is 6.86. The second kappa shape index (κ2) is 9.36. The predicted octanol–water partition coefficient (Wildman–Crippen LogP) is 4.45. The van der Waals surface area contributed by atoms with Crippen LogP contribution in [0.25, 0.3) is 0 Å². The molecule has 3 rings (SSSR count). The summed E-state index contributed by atoms with van der Waals surface area (Å²) in [7, 11) is -1.37. The minimum absolute atomic E-state index is 0.0705. The molecule has 1 aliphatic carbocycles. The number of thiophene rings is 1. The summed E-state index contributed by atoms with van der Waals surface area (Å²) in [6, 6.07) is 7.01. The predicted molar refractivity (Wildman–Crippen MR) is 112 cm³/mol. The van der Waals surface area contributed by atoms with Crippen LogP contribution in [0.1, 0.15) is 32.1 Å². The van der Waals surface area contributed by atoms with Crippen molar-refractivity contribution in [2.45, 2.75) is 43.0 Å². The highest BCUT2D eigenvalue weighted by Crippen LogP contribution is 2.35. The lowest BCUT2D eigenvalue weighted by Gasteiger charge is -2.24. The number of nitrogens with one attached hydrogen (secondary N) is 2. The molecule has 1 aromatic carbocycles. The minimum atomic E-state index is -4.00. The topological polar surface area (TPSA) is 103 Å². The molecule has 0 spiro atoms. The summed E-state index contributed by atoms with van der Waals surface area (Å²) in [5.41, 5.74) is 1.17. The van der Waals surface area contributed by atoms with Gasteiger partial charge in [-0.3, -0.25) is 4.72 Å². The van der Waals surface area contributed by atoms with Gasteiger partial charge in [-0.2, -0.15) is 0 Å². The van der Waals surface area contributed by atoms with E-state index < -0.39 is 16.2 Å². The Labute approximate surface area is 174 Å². The Morgan fingerprint density at radius 1 is 1.14 bits per heavy atom. The second-order valence-electron chi connectivity index (χ2n) is 6.63. The van der Waals surface area contributed by atoms with Crippen LogP contribution < -0.4 is 19.5 Å². The van der Waals surface area contributed by atoms with E-state index in [0.29, 0.717) is 11.8 Å². The van der Waals surface area contributed by atoms with E-state index in [2.05, 4.69) is 14.8 Å². The van der Waals surface area contributed by atoms with Crippen LogP contribution in [-0.4, -0.2) is 34.8 Å². The average Bonchev–Trinajstić information content (AvgIpc) is 3.18. The maximum atomic E-state index is 12.8. The summed E-state index contributed by atoms with van der Waals surface area (Å²) in [5, 5.41) is 4.93. The highest BCUT2D eigenvalue weighted by Gasteiger charge is 2.24. The molecule has 1 heterocycles. The molecule has 1 saturated carbocycles. The maximum Gasteiger partial charge on any atom is 0.514 e. The molecular weight excluding hydrogens is 416 g/mol. The third kappa shape index (κ3) is 5.33. The van der Waals surface area contributed by atoms with Crippen LogP contribution in [0, 0.1) is 0 Å². The quantitative estimate of drug-likeness (QED) is 0.613. The van der Waals surface area contributed by atoms with Gasteiger partial charge in [-0.05, 0) is 36.4 Å². The van der Waals surface area contributed by atoms with Gasteiger partial charge in [-0.15, -0.1) is 11.3 Å². The van der Waals surface area contributed by atoms with Gasteiger partial charge in [0.25, 0.3) is 10.0 Å². The molecule has 10 heteroatoms. The number of hydrogen-bond acceptors (Lipinski definition) is 8. The van der Waals surface area contributed by atoms with Crippen LogP contribution in [0.4, 0.5) is 16.2 Å². The van der Waals surface area contributed by atoms with Crippen molar-refractivity contribution in [3.05, 3.63) is 29.6 Å². The van der Waals surface area contributed by atoms with Crippen molar-refractivity contribution in [1.82, 2.24) is 0 Å². The maximum absolute atomic E-state index is 12.8. The third-order valence-electron chi connectivity index (χ3n) is 4.65. The molecule has 0 aliphatic heterocycles. The minimum Gasteiger partial charge on any atom is -0.494 e. The Hall–Kier alpha value is -2.46. The van der Waals surface area contributed by atoms with Crippen molar-refractivity contribution in [2.75, 3.05) is 24.3 Å². The smallest absolute Gasteiger partial charge is 0.494 e. The number of anilines is 2. The van der Waals surface area contributed by atoms with Crippen LogP contribution in [0.5, 0.6) is 10.8 Å². The van der Waals surface area contributed by atoms with Crippen molar-refractivity contribution in [2.24, 2.45) is 0 Å². The molecule has 0 unspecified atom stereocenters. The largest absolute Gasteiger partial charge is 0.514 e. The second-order valence-corrected chi connectivity index (χ2v) is 9.16. The highest BCUT2D eigenvalue weighted by atomic mass is 32.2. The van der Waals surface area contributed by atoms with Gasteiger partial charge in [0.1, 0.15) is 10.6 Å². The van der Waals surface area contributed by atoms with Gasteiger partial charge in [0.15, 0.2) is 0 Å². The Bertz CT molecular complexity index is 951. The van der Waals surface area contributed by atoms with E-state index in [-0.39, 0.29) is 15.6 Å². The number of sulfonamides is 1. The zero-order valence-electron chi connectivity index (χ0n) is 16.3. The van der Waals surface area contributed by atoms with Crippen molar-refractivity contribution >= 4 is 38.9 Å². The molecule has 0 saturated heterocycles. The van der Waals surface area contributed by atoms with E-state index in [9.17, 15) is 13.2 Å². The number of rotatable bonds is 7. The molecule has 8 nitrogen and oxygen atoms in total. The van der Waals surface area contributed by atoms with Gasteiger partial charge < -0.3 is 19.5 Å². The van der Waals surface area contributed by atoms with E-state index in [0.717, 1.165) is 37.0 Å². The Morgan fingerprint density at radius 2 is 1.90 bits per heavy atom. The first-order valence-corrected chi connectivity index (χ1v) is 11.6. The molecule has 1 fully saturated rings. The van der Waals surface area contributed by atoms with E-state index in [1.807, 2.05) is 6.07 Å². The molecule has 1 aliphatic rings. The van der Waals surface area contributed by atoms with Crippen LogP contribution in [0.2, 0.25) is 0 Å². The number of hydrogen-bond donors (Lipinski definition) is 2. The number of ether oxygens (including phenoxy) is 3. The standard InChI is InChI=1S/C19H24N2O6S2/c1-25-16-12-14(20-13-6-4-3-5-7-13)8-9-15(16)21-29(23,24)17-10-11-28-18(17)27-19(22)26-2/h8-13,20-21H,3-7H2,1-2H3. The summed E-state index contributed by atoms with van der Waals surface area (Å²) in [6.45, 7) is 0. The molecule has 0 amide bonds. The molecule has 1 aromatic heterocycles. The van der Waals surface area contributed by atoms with Crippen molar-refractivity contribution < 1.29 is 27.4 Å². The Balaban J connectivity index is 1.78. The zero-order chi connectivity index (χ0) is 20.9. The van der Waals surface area contributed by atoms with Gasteiger partial charge in [0.05, 0.1) is 19.9 Å². The van der Waals surface area contributed by atoms with Crippen LogP contribution in [-0.2, 0) is 14.8 Å². The zero-order valence-corrected chi connectivity index (χ0v) is 17.9. The molecule has 0 atom stereocenters. The SMILES string of the molecule is COC(=O)Oc1sccc1S(=O)(=O)Nc1ccc(NC2CCCCC2)cc1OC. The number of methoxy groups -OCH3 is 2. The molecular formula is C19H24N2O6S2. The summed E-state index contributed by atoms with van der Waals surface area (Å²) in [6.07, 6.45) is 4.95. The lowest BCUT2D eigenvalue weighted by Crippen LogP contribution is -2.22. The fourth-order valence-corrected chi connectivity index (χ4v) is 5.49. The number of carbonyl (C=O) groups excluding carboxylic acids is 1. The van der Waals surface area contributed by atoms with E-state index in [1.165, 1.54) is 37.8 Å². The first kappa shape index (κ1) is 21.3. The van der Waals surface area contributed by atoms with Gasteiger partial charge in [-0.1, -0.05) is 19.3 Å². The summed E-state index contributed by atoms with van der Waals surface area (Å²) in [5.74, 6) is 0.389. The molecule has 2 N–H and O–H groups in total. The lowest BCUT2D eigenvalue weighted by molar-refractivity contribution is 0.122. The normalized spacial score (nSPS) is 14.8. The summed E-state index contributed by atoms with van der Waals surface area (Å²) < 4.78 is 42.8. The van der Waals surface area contributed by atoms with Gasteiger partial charge >= 0.3 is 6.16 Å². The fraction of sp³-hybridized carbons (Fsp3) is 0.421. The van der Waals surface area contributed by atoms with Gasteiger partial charge in [-0.25, -0.2) is 13.2 Å². The molecule has 2 aromatic rings. The average molecular weight is 441 g/mol. The van der Waals surface area contributed by atoms with Gasteiger partial charge in [0.2, 0.25) is 5.06 Å². The van der Waals surface area contributed by atoms with E-state index in [1.54, 1.807) is 12.1 Å². The lowest BCUT2D eigenvalue weighted by atomic mass is 9.95. The molecule has 29 heavy (non-hydrogen) atoms. The first-order valence-electron chi connectivity index (χ1n) is 9.23. The van der Waals surface area contributed by atoms with Crippen molar-refractivity contribution in [1.29, 1.82) is 0 Å². The van der Waals surface area contributed by atoms with Gasteiger partial charge in [0, 0.05) is 17.8 Å². The highest BCUT2D eigenvalue weighted by molar-refractivity contribution is 7.93. The van der Waals surface area contributed by atoms with Crippen LogP contribution in [0.15, 0.2) is 34.5 Å². The Morgan fingerprint density at radius 3 is 2.59 bits per heavy atom. The summed E-state index contributed by atoms with van der Waals surface area (Å²) in [4.78, 5) is 11.2. The van der Waals surface area contributed by atoms with E-state index >= 15 is 0 Å². The fourth-order valence-electron chi connectivity index (χ4n) is 3.22. The van der Waals surface area contributed by atoms with E-state index in [4.69, 9.17) is 9.47 Å². The van der Waals surface area contributed by atoms with Crippen molar-refractivity contribution in [3.63, 3.8) is 0 Å². The van der Waals surface area contributed by atoms with Crippen LogP contribution >= 0.6 is 11.3 Å². The number of benzene rings is 1. The molecule has 158 valence electrons. The molecule has 0 radical (unpaired) electrons. The molecule has 0 bridgehead atoms. The third-order valence-corrected chi connectivity index (χ3v) is 6.96.